The van der Waals surface area contributed by atoms with E-state index in [2.05, 4.69) is 4.98 Å². The Morgan fingerprint density at radius 1 is 1.50 bits per heavy atom. The van der Waals surface area contributed by atoms with Crippen LogP contribution in [0.15, 0.2) is 41.1 Å². The van der Waals surface area contributed by atoms with Gasteiger partial charge in [0.15, 0.2) is 0 Å². The summed E-state index contributed by atoms with van der Waals surface area (Å²) in [6, 6.07) is 6.75. The molecule has 0 aromatic carbocycles. The van der Waals surface area contributed by atoms with Crippen molar-refractivity contribution in [2.45, 2.75) is 13.5 Å². The summed E-state index contributed by atoms with van der Waals surface area (Å²) in [5, 5.41) is 8.96. The average Bonchev–Trinajstić information content (AvgIpc) is 2.89. The van der Waals surface area contributed by atoms with Gasteiger partial charge in [-0.3, -0.25) is 0 Å². The number of carbonyl (C=O) groups is 1. The van der Waals surface area contributed by atoms with Gasteiger partial charge in [0.2, 0.25) is 0 Å². The number of aromatic carboxylic acids is 1. The molecule has 0 bridgehead atoms. The minimum Gasteiger partial charge on any atom is -0.478 e. The van der Waals surface area contributed by atoms with Crippen LogP contribution >= 0.6 is 0 Å². The summed E-state index contributed by atoms with van der Waals surface area (Å²) < 4.78 is 5.28. The van der Waals surface area contributed by atoms with E-state index in [1.807, 2.05) is 24.0 Å². The van der Waals surface area contributed by atoms with Crippen LogP contribution < -0.4 is 4.90 Å². The Morgan fingerprint density at radius 2 is 2.33 bits per heavy atom. The highest BCUT2D eigenvalue weighted by Crippen LogP contribution is 2.16. The Hall–Kier alpha value is -2.30. The third-order valence-electron chi connectivity index (χ3n) is 2.62. The first-order valence-corrected chi connectivity index (χ1v) is 5.67. The molecule has 94 valence electrons. The molecule has 0 aliphatic heterocycles. The molecule has 5 nitrogen and oxygen atoms in total. The lowest BCUT2D eigenvalue weighted by Crippen LogP contribution is -2.23. The van der Waals surface area contributed by atoms with E-state index in [9.17, 15) is 4.79 Å². The molecule has 2 aromatic rings. The number of carboxylic acid groups (broad SMARTS) is 1. The van der Waals surface area contributed by atoms with Crippen molar-refractivity contribution in [1.29, 1.82) is 0 Å². The molecule has 18 heavy (non-hydrogen) atoms. The standard InChI is InChI=1S/C13H14N2O3/c1-2-15(9-11-4-3-7-18-11)12-8-10(13(16)17)5-6-14-12/h3-8H,2,9H2,1H3,(H,16,17). The third kappa shape index (κ3) is 2.68. The van der Waals surface area contributed by atoms with Gasteiger partial charge >= 0.3 is 5.97 Å². The second kappa shape index (κ2) is 5.35. The van der Waals surface area contributed by atoms with E-state index in [0.717, 1.165) is 12.3 Å². The smallest absolute Gasteiger partial charge is 0.335 e. The largest absolute Gasteiger partial charge is 0.478 e. The van der Waals surface area contributed by atoms with E-state index in [1.165, 1.54) is 12.3 Å². The molecule has 2 aromatic heterocycles. The van der Waals surface area contributed by atoms with Gasteiger partial charge in [-0.2, -0.15) is 0 Å². The summed E-state index contributed by atoms with van der Waals surface area (Å²) in [5.74, 6) is 0.501. The molecule has 1 N–H and O–H groups in total. The van der Waals surface area contributed by atoms with Crippen LogP contribution in [0, 0.1) is 0 Å². The fourth-order valence-electron chi connectivity index (χ4n) is 1.67. The summed E-state index contributed by atoms with van der Waals surface area (Å²) in [5.41, 5.74) is 0.234. The predicted octanol–water partition coefficient (Wildman–Crippen LogP) is 2.40. The topological polar surface area (TPSA) is 66.6 Å². The number of anilines is 1. The zero-order valence-electron chi connectivity index (χ0n) is 10.0. The Labute approximate surface area is 105 Å². The van der Waals surface area contributed by atoms with Crippen LogP contribution in [0.1, 0.15) is 23.0 Å². The second-order valence-electron chi connectivity index (χ2n) is 3.80. The Morgan fingerprint density at radius 3 is 2.94 bits per heavy atom. The van der Waals surface area contributed by atoms with Crippen LogP contribution in [0.4, 0.5) is 5.82 Å². The fourth-order valence-corrected chi connectivity index (χ4v) is 1.67. The maximum Gasteiger partial charge on any atom is 0.335 e. The minimum atomic E-state index is -0.951. The van der Waals surface area contributed by atoms with Crippen LogP contribution in [0.5, 0.6) is 0 Å². The van der Waals surface area contributed by atoms with Crippen molar-refractivity contribution < 1.29 is 14.3 Å². The molecule has 0 spiro atoms. The molecule has 0 aliphatic rings. The first-order chi connectivity index (χ1) is 8.70. The van der Waals surface area contributed by atoms with Gasteiger partial charge < -0.3 is 14.4 Å². The van der Waals surface area contributed by atoms with Gasteiger partial charge in [-0.1, -0.05) is 0 Å². The van der Waals surface area contributed by atoms with Crippen molar-refractivity contribution in [2.75, 3.05) is 11.4 Å². The van der Waals surface area contributed by atoms with Crippen molar-refractivity contribution in [1.82, 2.24) is 4.98 Å². The number of hydrogen-bond acceptors (Lipinski definition) is 4. The lowest BCUT2D eigenvalue weighted by atomic mass is 10.2. The van der Waals surface area contributed by atoms with Crippen molar-refractivity contribution in [3.8, 4) is 0 Å². The molecule has 0 unspecified atom stereocenters. The zero-order chi connectivity index (χ0) is 13.0. The number of nitrogens with zero attached hydrogens (tertiary/aromatic N) is 2. The minimum absolute atomic E-state index is 0.234. The maximum absolute atomic E-state index is 10.9. The first-order valence-electron chi connectivity index (χ1n) is 5.67. The summed E-state index contributed by atoms with van der Waals surface area (Å²) >= 11 is 0. The number of furan rings is 1. The summed E-state index contributed by atoms with van der Waals surface area (Å²) in [7, 11) is 0. The van der Waals surface area contributed by atoms with Crippen LogP contribution in [0.25, 0.3) is 0 Å². The van der Waals surface area contributed by atoms with Crippen molar-refractivity contribution in [3.63, 3.8) is 0 Å². The number of aromatic nitrogens is 1. The van der Waals surface area contributed by atoms with Crippen molar-refractivity contribution >= 4 is 11.8 Å². The SMILES string of the molecule is CCN(Cc1ccco1)c1cc(C(=O)O)ccn1. The molecule has 2 rings (SSSR count). The van der Waals surface area contributed by atoms with E-state index in [0.29, 0.717) is 12.4 Å². The van der Waals surface area contributed by atoms with E-state index < -0.39 is 5.97 Å². The third-order valence-corrected chi connectivity index (χ3v) is 2.62. The molecule has 0 aliphatic carbocycles. The predicted molar refractivity (Wildman–Crippen MR) is 66.6 cm³/mol. The highest BCUT2D eigenvalue weighted by atomic mass is 16.4. The Kier molecular flexibility index (Phi) is 3.62. The van der Waals surface area contributed by atoms with Crippen molar-refractivity contribution in [2.24, 2.45) is 0 Å². The Bertz CT molecular complexity index is 523. The lowest BCUT2D eigenvalue weighted by molar-refractivity contribution is 0.0697. The summed E-state index contributed by atoms with van der Waals surface area (Å²) in [4.78, 5) is 17.1. The first kappa shape index (κ1) is 12.2. The van der Waals surface area contributed by atoms with Crippen LogP contribution in [0.3, 0.4) is 0 Å². The average molecular weight is 246 g/mol. The van der Waals surface area contributed by atoms with Crippen molar-refractivity contribution in [3.05, 3.63) is 48.0 Å². The van der Waals surface area contributed by atoms with E-state index in [1.54, 1.807) is 12.3 Å². The van der Waals surface area contributed by atoms with Gasteiger partial charge in [-0.05, 0) is 31.2 Å². The highest BCUT2D eigenvalue weighted by molar-refractivity contribution is 5.88. The molecule has 0 saturated carbocycles. The van der Waals surface area contributed by atoms with Gasteiger partial charge in [-0.25, -0.2) is 9.78 Å². The quantitative estimate of drug-likeness (QED) is 0.877. The van der Waals surface area contributed by atoms with E-state index in [4.69, 9.17) is 9.52 Å². The number of hydrogen-bond donors (Lipinski definition) is 1. The summed E-state index contributed by atoms with van der Waals surface area (Å²) in [6.45, 7) is 3.27. The number of pyridine rings is 1. The monoisotopic (exact) mass is 246 g/mol. The maximum atomic E-state index is 10.9. The van der Waals surface area contributed by atoms with Gasteiger partial charge in [0, 0.05) is 12.7 Å². The molecule has 0 atom stereocenters. The van der Waals surface area contributed by atoms with E-state index >= 15 is 0 Å². The summed E-state index contributed by atoms with van der Waals surface area (Å²) in [6.07, 6.45) is 3.12. The highest BCUT2D eigenvalue weighted by Gasteiger charge is 2.11. The van der Waals surface area contributed by atoms with Crippen LogP contribution in [-0.4, -0.2) is 22.6 Å². The Balaban J connectivity index is 2.21. The molecular weight excluding hydrogens is 232 g/mol. The van der Waals surface area contributed by atoms with Crippen LogP contribution in [-0.2, 0) is 6.54 Å². The van der Waals surface area contributed by atoms with Gasteiger partial charge in [-0.15, -0.1) is 0 Å². The fraction of sp³-hybridized carbons (Fsp3) is 0.231. The van der Waals surface area contributed by atoms with Gasteiger partial charge in [0.25, 0.3) is 0 Å². The number of carboxylic acids is 1. The van der Waals surface area contributed by atoms with Crippen LogP contribution in [0.2, 0.25) is 0 Å². The van der Waals surface area contributed by atoms with Gasteiger partial charge in [0.05, 0.1) is 18.4 Å². The molecule has 0 radical (unpaired) electrons. The van der Waals surface area contributed by atoms with E-state index in [-0.39, 0.29) is 5.56 Å². The van der Waals surface area contributed by atoms with Gasteiger partial charge in [0.1, 0.15) is 11.6 Å². The molecule has 0 fully saturated rings. The molecular formula is C13H14N2O3. The normalized spacial score (nSPS) is 10.3. The lowest BCUT2D eigenvalue weighted by Gasteiger charge is -2.20. The second-order valence-corrected chi connectivity index (χ2v) is 3.80. The molecule has 5 heteroatoms. The molecule has 0 amide bonds. The number of rotatable bonds is 5. The molecule has 0 saturated heterocycles. The zero-order valence-corrected chi connectivity index (χ0v) is 10.0. The molecule has 2 heterocycles.